The molecule has 30 heavy (non-hydrogen) atoms. The third-order valence-corrected chi connectivity index (χ3v) is 4.73. The van der Waals surface area contributed by atoms with Gasteiger partial charge in [0.15, 0.2) is 0 Å². The summed E-state index contributed by atoms with van der Waals surface area (Å²) in [6.45, 7) is 3.86. The van der Waals surface area contributed by atoms with E-state index in [0.717, 1.165) is 31.7 Å². The van der Waals surface area contributed by atoms with Crippen LogP contribution in [-0.2, 0) is 4.79 Å². The van der Waals surface area contributed by atoms with Gasteiger partial charge in [0.2, 0.25) is 5.91 Å². The molecule has 9 heteroatoms. The average Bonchev–Trinajstić information content (AvgIpc) is 2.77. The van der Waals surface area contributed by atoms with E-state index in [9.17, 15) is 14.4 Å². The molecule has 0 bridgehead atoms. The number of amides is 3. The van der Waals surface area contributed by atoms with Crippen LogP contribution in [0.25, 0.3) is 0 Å². The van der Waals surface area contributed by atoms with E-state index >= 15 is 0 Å². The summed E-state index contributed by atoms with van der Waals surface area (Å²) < 4.78 is 0. The molecule has 9 nitrogen and oxygen atoms in total. The molecule has 0 spiro atoms. The lowest BCUT2D eigenvalue weighted by Crippen LogP contribution is -2.35. The summed E-state index contributed by atoms with van der Waals surface area (Å²) >= 11 is 0. The second kappa shape index (κ2) is 10.3. The van der Waals surface area contributed by atoms with Crippen molar-refractivity contribution < 1.29 is 14.4 Å². The molecule has 3 rings (SSSR count). The maximum Gasteiger partial charge on any atom is 0.270 e. The van der Waals surface area contributed by atoms with E-state index in [-0.39, 0.29) is 30.8 Å². The fraction of sp³-hybridized carbons (Fsp3) is 0.381. The standard InChI is InChI=1S/C21H26N6O3/c1-15(28)26-17-7-5-16(6-8-17)20(29)22-9-10-23-21(30)18-13-19(25-14-24-18)27-11-3-2-4-12-27/h5-8,13-14H,2-4,9-12H2,1H3,(H,22,29)(H,23,30)(H,26,28). The Morgan fingerprint density at radius 2 is 1.60 bits per heavy atom. The smallest absolute Gasteiger partial charge is 0.270 e. The van der Waals surface area contributed by atoms with E-state index in [1.165, 1.54) is 19.7 Å². The van der Waals surface area contributed by atoms with Crippen molar-refractivity contribution in [1.29, 1.82) is 0 Å². The number of piperidine rings is 1. The molecular weight excluding hydrogens is 384 g/mol. The van der Waals surface area contributed by atoms with Gasteiger partial charge in [-0.25, -0.2) is 9.97 Å². The second-order valence-electron chi connectivity index (χ2n) is 7.08. The van der Waals surface area contributed by atoms with Crippen molar-refractivity contribution in [3.63, 3.8) is 0 Å². The Labute approximate surface area is 175 Å². The Morgan fingerprint density at radius 1 is 0.933 bits per heavy atom. The van der Waals surface area contributed by atoms with Gasteiger partial charge < -0.3 is 20.9 Å². The number of carbonyl (C=O) groups excluding carboxylic acids is 3. The first-order valence-corrected chi connectivity index (χ1v) is 10.0. The fourth-order valence-corrected chi connectivity index (χ4v) is 3.22. The summed E-state index contributed by atoms with van der Waals surface area (Å²) in [6.07, 6.45) is 4.88. The van der Waals surface area contributed by atoms with E-state index in [4.69, 9.17) is 0 Å². The quantitative estimate of drug-likeness (QED) is 0.597. The molecular formula is C21H26N6O3. The second-order valence-corrected chi connectivity index (χ2v) is 7.08. The predicted octanol–water partition coefficient (Wildman–Crippen LogP) is 1.59. The summed E-state index contributed by atoms with van der Waals surface area (Å²) in [5.41, 5.74) is 1.41. The lowest BCUT2D eigenvalue weighted by molar-refractivity contribution is -0.114. The summed E-state index contributed by atoms with van der Waals surface area (Å²) in [6, 6.07) is 8.28. The van der Waals surface area contributed by atoms with Crippen LogP contribution in [0, 0.1) is 0 Å². The molecule has 1 aromatic heterocycles. The van der Waals surface area contributed by atoms with E-state index in [2.05, 4.69) is 30.8 Å². The van der Waals surface area contributed by atoms with Crippen LogP contribution < -0.4 is 20.9 Å². The van der Waals surface area contributed by atoms with E-state index in [1.54, 1.807) is 30.3 Å². The fourth-order valence-electron chi connectivity index (χ4n) is 3.22. The summed E-state index contributed by atoms with van der Waals surface area (Å²) in [5.74, 6) is 0.0400. The number of anilines is 2. The highest BCUT2D eigenvalue weighted by Crippen LogP contribution is 2.17. The van der Waals surface area contributed by atoms with Crippen LogP contribution in [0.1, 0.15) is 47.0 Å². The summed E-state index contributed by atoms with van der Waals surface area (Å²) in [4.78, 5) is 46.1. The van der Waals surface area contributed by atoms with Gasteiger partial charge in [0.25, 0.3) is 11.8 Å². The molecule has 0 radical (unpaired) electrons. The van der Waals surface area contributed by atoms with Gasteiger partial charge in [-0.2, -0.15) is 0 Å². The minimum Gasteiger partial charge on any atom is -0.357 e. The van der Waals surface area contributed by atoms with Crippen LogP contribution in [0.4, 0.5) is 11.5 Å². The zero-order valence-corrected chi connectivity index (χ0v) is 17.0. The van der Waals surface area contributed by atoms with Crippen LogP contribution in [0.15, 0.2) is 36.7 Å². The maximum absolute atomic E-state index is 12.4. The molecule has 2 aromatic rings. The highest BCUT2D eigenvalue weighted by molar-refractivity contribution is 5.95. The zero-order valence-electron chi connectivity index (χ0n) is 17.0. The normalized spacial score (nSPS) is 13.4. The van der Waals surface area contributed by atoms with Crippen molar-refractivity contribution in [2.45, 2.75) is 26.2 Å². The Kier molecular flexibility index (Phi) is 7.31. The number of benzene rings is 1. The van der Waals surface area contributed by atoms with Crippen LogP contribution >= 0.6 is 0 Å². The van der Waals surface area contributed by atoms with Crippen molar-refractivity contribution in [3.05, 3.63) is 47.9 Å². The summed E-state index contributed by atoms with van der Waals surface area (Å²) in [7, 11) is 0. The van der Waals surface area contributed by atoms with Crippen LogP contribution in [0.2, 0.25) is 0 Å². The number of rotatable bonds is 7. The number of hydrogen-bond donors (Lipinski definition) is 3. The molecule has 2 heterocycles. The number of hydrogen-bond acceptors (Lipinski definition) is 6. The molecule has 1 aliphatic rings. The Balaban J connectivity index is 1.44. The predicted molar refractivity (Wildman–Crippen MR) is 114 cm³/mol. The molecule has 1 saturated heterocycles. The molecule has 1 aromatic carbocycles. The van der Waals surface area contributed by atoms with Gasteiger partial charge in [0.05, 0.1) is 0 Å². The monoisotopic (exact) mass is 410 g/mol. The van der Waals surface area contributed by atoms with Crippen molar-refractivity contribution >= 4 is 29.2 Å². The molecule has 0 aliphatic carbocycles. The van der Waals surface area contributed by atoms with Crippen LogP contribution in [0.3, 0.4) is 0 Å². The molecule has 1 fully saturated rings. The largest absolute Gasteiger partial charge is 0.357 e. The van der Waals surface area contributed by atoms with Gasteiger partial charge in [-0.15, -0.1) is 0 Å². The zero-order chi connectivity index (χ0) is 21.3. The number of nitrogens with zero attached hydrogens (tertiary/aromatic N) is 3. The van der Waals surface area contributed by atoms with E-state index < -0.39 is 0 Å². The van der Waals surface area contributed by atoms with Crippen molar-refractivity contribution in [3.8, 4) is 0 Å². The highest BCUT2D eigenvalue weighted by atomic mass is 16.2. The molecule has 158 valence electrons. The number of aromatic nitrogens is 2. The van der Waals surface area contributed by atoms with Gasteiger partial charge >= 0.3 is 0 Å². The topological polar surface area (TPSA) is 116 Å². The Morgan fingerprint density at radius 3 is 2.27 bits per heavy atom. The Bertz CT molecular complexity index is 894. The van der Waals surface area contributed by atoms with Gasteiger partial charge in [-0.05, 0) is 43.5 Å². The van der Waals surface area contributed by atoms with E-state index in [0.29, 0.717) is 16.9 Å². The molecule has 0 unspecified atom stereocenters. The third-order valence-electron chi connectivity index (χ3n) is 4.73. The van der Waals surface area contributed by atoms with Crippen molar-refractivity contribution in [2.75, 3.05) is 36.4 Å². The molecule has 0 saturated carbocycles. The first-order chi connectivity index (χ1) is 14.5. The molecule has 0 atom stereocenters. The van der Waals surface area contributed by atoms with Gasteiger partial charge in [0, 0.05) is 50.4 Å². The molecule has 3 N–H and O–H groups in total. The maximum atomic E-state index is 12.4. The van der Waals surface area contributed by atoms with Crippen LogP contribution in [0.5, 0.6) is 0 Å². The third kappa shape index (κ3) is 6.00. The highest BCUT2D eigenvalue weighted by Gasteiger charge is 2.15. The van der Waals surface area contributed by atoms with Gasteiger partial charge in [-0.3, -0.25) is 14.4 Å². The van der Waals surface area contributed by atoms with Crippen molar-refractivity contribution in [1.82, 2.24) is 20.6 Å². The molecule has 1 aliphatic heterocycles. The van der Waals surface area contributed by atoms with E-state index in [1.807, 2.05) is 0 Å². The lowest BCUT2D eigenvalue weighted by Gasteiger charge is -2.27. The first-order valence-electron chi connectivity index (χ1n) is 10.0. The Hall–Kier alpha value is -3.49. The SMILES string of the molecule is CC(=O)Nc1ccc(C(=O)NCCNC(=O)c2cc(N3CCCCC3)ncn2)cc1. The van der Waals surface area contributed by atoms with Gasteiger partial charge in [0.1, 0.15) is 17.8 Å². The van der Waals surface area contributed by atoms with Crippen LogP contribution in [-0.4, -0.2) is 53.9 Å². The number of nitrogens with one attached hydrogen (secondary N) is 3. The van der Waals surface area contributed by atoms with Gasteiger partial charge in [-0.1, -0.05) is 0 Å². The minimum absolute atomic E-state index is 0.172. The van der Waals surface area contributed by atoms with Crippen molar-refractivity contribution in [2.24, 2.45) is 0 Å². The molecule has 3 amide bonds. The number of carbonyl (C=O) groups is 3. The lowest BCUT2D eigenvalue weighted by atomic mass is 10.1. The first kappa shape index (κ1) is 21.2. The average molecular weight is 410 g/mol. The summed E-state index contributed by atoms with van der Waals surface area (Å²) in [5, 5.41) is 8.15. The minimum atomic E-state index is -0.301.